The monoisotopic (exact) mass is 1040 g/mol. The Labute approximate surface area is 456 Å². The van der Waals surface area contributed by atoms with Gasteiger partial charge in [0.1, 0.15) is 23.7 Å². The molecule has 2 heterocycles. The first-order valence-corrected chi connectivity index (χ1v) is 29.0. The van der Waals surface area contributed by atoms with Crippen LogP contribution in [0.5, 0.6) is 11.5 Å². The van der Waals surface area contributed by atoms with Crippen LogP contribution in [0.15, 0.2) is 24.3 Å². The van der Waals surface area contributed by atoms with Crippen molar-refractivity contribution in [1.82, 2.24) is 9.80 Å². The third kappa shape index (κ3) is 12.3. The fourth-order valence-electron chi connectivity index (χ4n) is 13.0. The SMILES string of the molecule is CCCC(=O)N1C(C)(CC)CC(OC(=O)C(Cc2cc(C(C)(C)C)c(O)c(C(C)(C)C)c2)(Cc2cc(C(C)(C)C)c(O)c(C(C)(C)C)c2)C(=O)OC2CC(C)(CC)N(C(=O)CCC)C(C)(CC)C2C)C(C)C1(C)CC. The second kappa shape index (κ2) is 22.3. The quantitative estimate of drug-likeness (QED) is 0.125. The first-order valence-electron chi connectivity index (χ1n) is 29.0. The molecule has 8 unspecified atom stereocenters. The molecule has 2 aliphatic heterocycles. The second-order valence-electron chi connectivity index (χ2n) is 28.5. The summed E-state index contributed by atoms with van der Waals surface area (Å²) in [6.45, 7) is 49.6. The molecule has 2 saturated heterocycles. The van der Waals surface area contributed by atoms with Crippen molar-refractivity contribution in [1.29, 1.82) is 0 Å². The van der Waals surface area contributed by atoms with E-state index >= 15 is 9.59 Å². The van der Waals surface area contributed by atoms with Gasteiger partial charge in [0.15, 0.2) is 5.41 Å². The number of esters is 2. The number of carbonyl (C=O) groups excluding carboxylic acids is 4. The molecule has 10 heteroatoms. The normalized spacial score (nSPS) is 27.0. The lowest BCUT2D eigenvalue weighted by atomic mass is 9.67. The number of phenols is 2. The summed E-state index contributed by atoms with van der Waals surface area (Å²) in [5.41, 5.74) is -2.67. The van der Waals surface area contributed by atoms with Crippen LogP contribution in [0, 0.1) is 17.3 Å². The van der Waals surface area contributed by atoms with E-state index in [1.54, 1.807) is 0 Å². The zero-order valence-electron chi connectivity index (χ0n) is 51.8. The molecule has 0 aromatic heterocycles. The van der Waals surface area contributed by atoms with E-state index in [0.717, 1.165) is 0 Å². The highest BCUT2D eigenvalue weighted by molar-refractivity contribution is 6.01. The maximum atomic E-state index is 16.7. The van der Waals surface area contributed by atoms with Crippen molar-refractivity contribution >= 4 is 23.8 Å². The van der Waals surface area contributed by atoms with Crippen molar-refractivity contribution < 1.29 is 38.9 Å². The Bertz CT molecular complexity index is 2160. The fraction of sp³-hybridized carbons (Fsp3) is 0.754. The number of phenolic OH excluding ortho intramolecular Hbond substituents is 2. The lowest BCUT2D eigenvalue weighted by Crippen LogP contribution is -2.70. The Balaban J connectivity index is 2.21. The van der Waals surface area contributed by atoms with Crippen LogP contribution in [0.3, 0.4) is 0 Å². The van der Waals surface area contributed by atoms with E-state index in [1.165, 1.54) is 0 Å². The molecule has 10 nitrogen and oxygen atoms in total. The maximum absolute atomic E-state index is 16.7. The van der Waals surface area contributed by atoms with Gasteiger partial charge in [-0.05, 0) is 134 Å². The van der Waals surface area contributed by atoms with Crippen LogP contribution < -0.4 is 0 Å². The van der Waals surface area contributed by atoms with E-state index in [9.17, 15) is 19.8 Å². The van der Waals surface area contributed by atoms with Crippen molar-refractivity contribution in [2.75, 3.05) is 0 Å². The zero-order valence-corrected chi connectivity index (χ0v) is 51.8. The number of hydrogen-bond acceptors (Lipinski definition) is 8. The molecule has 0 radical (unpaired) electrons. The minimum atomic E-state index is -2.03. The molecule has 2 aliphatic rings. The predicted molar refractivity (Wildman–Crippen MR) is 306 cm³/mol. The first kappa shape index (κ1) is 63.5. The average molecular weight is 1040 g/mol. The molecule has 2 aromatic rings. The standard InChI is InChI=1S/C65H106N2O8/c1-25-31-51(68)66-61(21,27-3)39-49(41(7)63(66,23)29-5)74-55(72)65(37-43-33-45(57(9,10)11)53(70)46(34-43)58(12,13)14,38-44-35-47(59(15,16)17)54(71)48(36-44)60(18,19)20)56(73)75-50-40-62(22,28-4)67(52(69)32-26-2)64(24,30-6)42(50)8/h33-36,41-42,49-50,70-71H,25-32,37-40H2,1-24H3. The molecule has 0 bridgehead atoms. The molecular formula is C65H106N2O8. The van der Waals surface area contributed by atoms with E-state index in [-0.39, 0.29) is 48.0 Å². The Hall–Kier alpha value is -4.08. The summed E-state index contributed by atoms with van der Waals surface area (Å²) in [5.74, 6) is -1.51. The summed E-state index contributed by atoms with van der Waals surface area (Å²) in [6, 6.07) is 7.79. The van der Waals surface area contributed by atoms with Gasteiger partial charge in [-0.2, -0.15) is 0 Å². The third-order valence-electron chi connectivity index (χ3n) is 18.7. The molecule has 2 amide bonds. The Kier molecular flexibility index (Phi) is 18.9. The Morgan fingerprint density at radius 1 is 0.507 bits per heavy atom. The number of carbonyl (C=O) groups is 4. The predicted octanol–water partition coefficient (Wildman–Crippen LogP) is 14.9. The smallest absolute Gasteiger partial charge is 0.324 e. The van der Waals surface area contributed by atoms with Crippen LogP contribution in [-0.4, -0.2) is 78.1 Å². The molecule has 0 aliphatic carbocycles. The summed E-state index contributed by atoms with van der Waals surface area (Å²) in [7, 11) is 0. The van der Waals surface area contributed by atoms with E-state index < -0.39 is 73.4 Å². The molecule has 0 spiro atoms. The van der Waals surface area contributed by atoms with Gasteiger partial charge in [0.05, 0.1) is 0 Å². The molecular weight excluding hydrogens is 937 g/mol. The summed E-state index contributed by atoms with van der Waals surface area (Å²) in [4.78, 5) is 66.0. The van der Waals surface area contributed by atoms with E-state index in [0.29, 0.717) is 97.6 Å². The third-order valence-corrected chi connectivity index (χ3v) is 18.7. The minimum Gasteiger partial charge on any atom is -0.507 e. The van der Waals surface area contributed by atoms with Gasteiger partial charge in [0.25, 0.3) is 0 Å². The minimum absolute atomic E-state index is 0.0868. The number of benzene rings is 2. The summed E-state index contributed by atoms with van der Waals surface area (Å²) in [6.07, 6.45) is 3.90. The van der Waals surface area contributed by atoms with Crippen LogP contribution >= 0.6 is 0 Å². The lowest BCUT2D eigenvalue weighted by Gasteiger charge is -2.60. The Morgan fingerprint density at radius 3 is 0.987 bits per heavy atom. The second-order valence-corrected chi connectivity index (χ2v) is 28.5. The van der Waals surface area contributed by atoms with E-state index in [1.807, 2.05) is 38.1 Å². The molecule has 8 atom stereocenters. The van der Waals surface area contributed by atoms with Gasteiger partial charge in [-0.15, -0.1) is 0 Å². The van der Waals surface area contributed by atoms with E-state index in [2.05, 4.69) is 162 Å². The highest BCUT2D eigenvalue weighted by atomic mass is 16.6. The van der Waals surface area contributed by atoms with Gasteiger partial charge in [0.2, 0.25) is 11.8 Å². The maximum Gasteiger partial charge on any atom is 0.324 e. The number of rotatable bonds is 16. The van der Waals surface area contributed by atoms with Crippen molar-refractivity contribution in [3.05, 3.63) is 57.6 Å². The number of likely N-dealkylation sites (tertiary alicyclic amines) is 2. The summed E-state index contributed by atoms with van der Waals surface area (Å²) < 4.78 is 14.3. The highest BCUT2D eigenvalue weighted by Gasteiger charge is 2.60. The number of ether oxygens (including phenoxy) is 2. The summed E-state index contributed by atoms with van der Waals surface area (Å²) in [5, 5.41) is 24.2. The molecule has 2 aromatic carbocycles. The van der Waals surface area contributed by atoms with Crippen LogP contribution in [0.1, 0.15) is 264 Å². The fourth-order valence-corrected chi connectivity index (χ4v) is 13.0. The van der Waals surface area contributed by atoms with Gasteiger partial charge in [-0.25, -0.2) is 0 Å². The molecule has 424 valence electrons. The van der Waals surface area contributed by atoms with Crippen molar-refractivity contribution in [2.24, 2.45) is 17.3 Å². The average Bonchev–Trinajstić information content (AvgIpc) is 3.29. The topological polar surface area (TPSA) is 134 Å². The van der Waals surface area contributed by atoms with Crippen molar-refractivity contribution in [3.8, 4) is 11.5 Å². The van der Waals surface area contributed by atoms with E-state index in [4.69, 9.17) is 9.47 Å². The highest BCUT2D eigenvalue weighted by Crippen LogP contribution is 2.52. The number of nitrogens with zero attached hydrogens (tertiary/aromatic N) is 2. The largest absolute Gasteiger partial charge is 0.507 e. The first-order chi connectivity index (χ1) is 34.2. The van der Waals surface area contributed by atoms with Gasteiger partial charge >= 0.3 is 11.9 Å². The molecule has 75 heavy (non-hydrogen) atoms. The lowest BCUT2D eigenvalue weighted by molar-refractivity contribution is -0.201. The molecule has 2 fully saturated rings. The molecule has 4 rings (SSSR count). The van der Waals surface area contributed by atoms with Crippen molar-refractivity contribution in [3.63, 3.8) is 0 Å². The van der Waals surface area contributed by atoms with Crippen molar-refractivity contribution in [2.45, 2.75) is 299 Å². The number of hydrogen-bond donors (Lipinski definition) is 2. The van der Waals surface area contributed by atoms with Gasteiger partial charge in [-0.1, -0.05) is 163 Å². The molecule has 0 saturated carbocycles. The Morgan fingerprint density at radius 2 is 0.773 bits per heavy atom. The zero-order chi connectivity index (χ0) is 57.6. The molecule has 2 N–H and O–H groups in total. The number of piperidine rings is 2. The van der Waals surface area contributed by atoms with Crippen LogP contribution in [0.25, 0.3) is 0 Å². The summed E-state index contributed by atoms with van der Waals surface area (Å²) >= 11 is 0. The van der Waals surface area contributed by atoms with Crippen LogP contribution in [0.4, 0.5) is 0 Å². The van der Waals surface area contributed by atoms with Gasteiger partial charge in [0, 0.05) is 59.7 Å². The number of aromatic hydroxyl groups is 2. The number of amides is 2. The van der Waals surface area contributed by atoms with Gasteiger partial charge < -0.3 is 29.5 Å². The van der Waals surface area contributed by atoms with Crippen LogP contribution in [0.2, 0.25) is 0 Å². The van der Waals surface area contributed by atoms with Gasteiger partial charge in [-0.3, -0.25) is 19.2 Å². The van der Waals surface area contributed by atoms with Crippen LogP contribution in [-0.2, 0) is 63.2 Å².